The quantitative estimate of drug-likeness (QED) is 0.379. The number of sulfonamides is 1. The Morgan fingerprint density at radius 3 is 2.72 bits per heavy atom. The van der Waals surface area contributed by atoms with Crippen molar-refractivity contribution >= 4 is 16.0 Å². The van der Waals surface area contributed by atoms with E-state index in [1.54, 1.807) is 18.2 Å². The number of methoxy groups -OCH3 is 2. The summed E-state index contributed by atoms with van der Waals surface area (Å²) in [7, 11) is -0.813. The molecule has 32 heavy (non-hydrogen) atoms. The average molecular weight is 457 g/mol. The molecule has 0 spiro atoms. The Kier molecular flexibility index (Phi) is 7.09. The molecule has 10 nitrogen and oxygen atoms in total. The highest BCUT2D eigenvalue weighted by atomic mass is 32.2. The lowest BCUT2D eigenvalue weighted by atomic mass is 10.2. The lowest BCUT2D eigenvalue weighted by Gasteiger charge is -2.07. The third kappa shape index (κ3) is 5.23. The van der Waals surface area contributed by atoms with E-state index in [9.17, 15) is 13.2 Å². The van der Waals surface area contributed by atoms with Gasteiger partial charge in [0.25, 0.3) is 5.89 Å². The van der Waals surface area contributed by atoms with Crippen LogP contribution in [0.15, 0.2) is 51.9 Å². The van der Waals surface area contributed by atoms with Crippen LogP contribution in [-0.2, 0) is 21.4 Å². The van der Waals surface area contributed by atoms with E-state index >= 15 is 0 Å². The molecule has 1 heterocycles. The van der Waals surface area contributed by atoms with Gasteiger partial charge >= 0.3 is 5.97 Å². The maximum atomic E-state index is 12.4. The molecule has 0 saturated carbocycles. The lowest BCUT2D eigenvalue weighted by Crippen LogP contribution is -2.24. The fourth-order valence-electron chi connectivity index (χ4n) is 2.63. The molecule has 2 aromatic carbocycles. The van der Waals surface area contributed by atoms with Gasteiger partial charge in [-0.3, -0.25) is 0 Å². The number of carbonyl (C=O) groups excluding carboxylic acids is 1. The first kappa shape index (κ1) is 22.8. The van der Waals surface area contributed by atoms with Crippen LogP contribution in [0.2, 0.25) is 0 Å². The van der Waals surface area contributed by atoms with Gasteiger partial charge in [-0.1, -0.05) is 17.1 Å². The topological polar surface area (TPSA) is 130 Å². The Bertz CT molecular complexity index is 1260. The predicted molar refractivity (Wildman–Crippen MR) is 112 cm³/mol. The third-order valence-corrected chi connectivity index (χ3v) is 5.59. The molecular formula is C21H19N3O7S. The number of nitrogens with zero attached hydrogens (tertiary/aromatic N) is 2. The molecule has 0 aliphatic heterocycles. The molecule has 0 amide bonds. The largest absolute Gasteiger partial charge is 0.497 e. The van der Waals surface area contributed by atoms with Crippen LogP contribution < -0.4 is 14.2 Å². The second-order valence-electron chi connectivity index (χ2n) is 6.21. The zero-order chi connectivity index (χ0) is 23.1. The van der Waals surface area contributed by atoms with Crippen LogP contribution in [0.1, 0.15) is 16.2 Å². The minimum atomic E-state index is -3.85. The van der Waals surface area contributed by atoms with Gasteiger partial charge in [-0.15, -0.1) is 6.42 Å². The van der Waals surface area contributed by atoms with Crippen molar-refractivity contribution in [3.8, 4) is 35.2 Å². The first-order valence-electron chi connectivity index (χ1n) is 9.13. The maximum absolute atomic E-state index is 12.4. The summed E-state index contributed by atoms with van der Waals surface area (Å²) < 4.78 is 47.3. The van der Waals surface area contributed by atoms with Gasteiger partial charge in [-0.05, 0) is 30.3 Å². The van der Waals surface area contributed by atoms with E-state index in [0.29, 0.717) is 17.1 Å². The van der Waals surface area contributed by atoms with Gasteiger partial charge in [0.2, 0.25) is 15.8 Å². The molecule has 0 unspecified atom stereocenters. The van der Waals surface area contributed by atoms with Crippen molar-refractivity contribution in [2.24, 2.45) is 0 Å². The van der Waals surface area contributed by atoms with Crippen molar-refractivity contribution in [2.75, 3.05) is 20.8 Å². The van der Waals surface area contributed by atoms with Crippen LogP contribution in [0.3, 0.4) is 0 Å². The number of nitrogens with one attached hydrogen (secondary N) is 1. The first-order valence-corrected chi connectivity index (χ1v) is 10.6. The van der Waals surface area contributed by atoms with E-state index in [0.717, 1.165) is 0 Å². The van der Waals surface area contributed by atoms with Crippen LogP contribution in [0.5, 0.6) is 11.5 Å². The fourth-order valence-corrected chi connectivity index (χ4v) is 3.61. The monoisotopic (exact) mass is 457 g/mol. The predicted octanol–water partition coefficient (Wildman–Crippen LogP) is 2.02. The van der Waals surface area contributed by atoms with Gasteiger partial charge in [0, 0.05) is 6.07 Å². The molecular weight excluding hydrogens is 438 g/mol. The van der Waals surface area contributed by atoms with E-state index in [-0.39, 0.29) is 35.3 Å². The second kappa shape index (κ2) is 9.95. The van der Waals surface area contributed by atoms with Crippen molar-refractivity contribution in [1.82, 2.24) is 14.9 Å². The summed E-state index contributed by atoms with van der Waals surface area (Å²) in [5, 5.41) is 3.87. The van der Waals surface area contributed by atoms with Crippen LogP contribution in [0.4, 0.5) is 0 Å². The van der Waals surface area contributed by atoms with Crippen molar-refractivity contribution in [3.63, 3.8) is 0 Å². The Balaban J connectivity index is 1.70. The van der Waals surface area contributed by atoms with Crippen LogP contribution in [-0.4, -0.2) is 45.3 Å². The highest BCUT2D eigenvalue weighted by molar-refractivity contribution is 7.89. The normalized spacial score (nSPS) is 10.9. The van der Waals surface area contributed by atoms with Crippen LogP contribution in [0.25, 0.3) is 11.4 Å². The standard InChI is InChI=1S/C21H19N3O7S/c1-4-10-22-32(26,27)16-7-5-6-14(11-16)21(25)30-13-19-23-20(24-31-19)17-9-8-15(28-2)12-18(17)29-3/h1,5-9,11-12,22H,10,13H2,2-3H3. The molecule has 0 radical (unpaired) electrons. The Morgan fingerprint density at radius 2 is 2.00 bits per heavy atom. The minimum absolute atomic E-state index is 0.0325. The number of benzene rings is 2. The smallest absolute Gasteiger partial charge is 0.338 e. The Hall–Kier alpha value is -3.88. The van der Waals surface area contributed by atoms with Crippen molar-refractivity contribution < 1.29 is 31.9 Å². The molecule has 11 heteroatoms. The summed E-state index contributed by atoms with van der Waals surface area (Å²) in [5.74, 6) is 2.78. The Labute approximate surface area is 184 Å². The molecule has 3 rings (SSSR count). The van der Waals surface area contributed by atoms with Gasteiger partial charge in [0.15, 0.2) is 6.61 Å². The summed E-state index contributed by atoms with van der Waals surface area (Å²) in [5.41, 5.74) is 0.595. The minimum Gasteiger partial charge on any atom is -0.497 e. The number of ether oxygens (including phenoxy) is 3. The zero-order valence-electron chi connectivity index (χ0n) is 17.2. The molecule has 0 bridgehead atoms. The van der Waals surface area contributed by atoms with Crippen LogP contribution >= 0.6 is 0 Å². The average Bonchev–Trinajstić information content (AvgIpc) is 3.29. The summed E-state index contributed by atoms with van der Waals surface area (Å²) in [6.45, 7) is -0.480. The lowest BCUT2D eigenvalue weighted by molar-refractivity contribution is 0.0429. The molecule has 1 aromatic heterocycles. The molecule has 0 aliphatic rings. The summed E-state index contributed by atoms with van der Waals surface area (Å²) in [6.07, 6.45) is 5.07. The van der Waals surface area contributed by atoms with Crippen molar-refractivity contribution in [1.29, 1.82) is 0 Å². The van der Waals surface area contributed by atoms with E-state index in [4.69, 9.17) is 25.2 Å². The summed E-state index contributed by atoms with van der Waals surface area (Å²) in [6, 6.07) is 10.5. The number of carbonyl (C=O) groups is 1. The summed E-state index contributed by atoms with van der Waals surface area (Å²) in [4.78, 5) is 16.4. The van der Waals surface area contributed by atoms with E-state index in [2.05, 4.69) is 20.8 Å². The first-order chi connectivity index (χ1) is 15.4. The van der Waals surface area contributed by atoms with Crippen LogP contribution in [0, 0.1) is 12.3 Å². The number of esters is 1. The van der Waals surface area contributed by atoms with Gasteiger partial charge < -0.3 is 18.7 Å². The van der Waals surface area contributed by atoms with Crippen molar-refractivity contribution in [3.05, 3.63) is 53.9 Å². The fraction of sp³-hybridized carbons (Fsp3) is 0.190. The number of hydrogen-bond donors (Lipinski definition) is 1. The molecule has 3 aromatic rings. The highest BCUT2D eigenvalue weighted by Crippen LogP contribution is 2.31. The third-order valence-electron chi connectivity index (χ3n) is 4.19. The van der Waals surface area contributed by atoms with Gasteiger partial charge in [0.1, 0.15) is 11.5 Å². The molecule has 0 fully saturated rings. The zero-order valence-corrected chi connectivity index (χ0v) is 18.0. The van der Waals surface area contributed by atoms with Gasteiger partial charge in [-0.2, -0.15) is 9.71 Å². The SMILES string of the molecule is C#CCNS(=O)(=O)c1cccc(C(=O)OCc2nc(-c3ccc(OC)cc3OC)no2)c1. The van der Waals surface area contributed by atoms with E-state index < -0.39 is 16.0 Å². The maximum Gasteiger partial charge on any atom is 0.338 e. The molecule has 0 aliphatic carbocycles. The van der Waals surface area contributed by atoms with Gasteiger partial charge in [0.05, 0.1) is 36.8 Å². The second-order valence-corrected chi connectivity index (χ2v) is 7.98. The van der Waals surface area contributed by atoms with E-state index in [1.165, 1.54) is 38.5 Å². The Morgan fingerprint density at radius 1 is 1.19 bits per heavy atom. The number of rotatable bonds is 9. The number of terminal acetylenes is 1. The molecule has 0 atom stereocenters. The molecule has 0 saturated heterocycles. The molecule has 1 N–H and O–H groups in total. The van der Waals surface area contributed by atoms with Gasteiger partial charge in [-0.25, -0.2) is 13.2 Å². The van der Waals surface area contributed by atoms with E-state index in [1.807, 2.05) is 0 Å². The highest BCUT2D eigenvalue weighted by Gasteiger charge is 2.18. The number of hydrogen-bond acceptors (Lipinski definition) is 9. The number of aromatic nitrogens is 2. The molecule has 166 valence electrons. The summed E-state index contributed by atoms with van der Waals surface area (Å²) >= 11 is 0. The van der Waals surface area contributed by atoms with Crippen molar-refractivity contribution in [2.45, 2.75) is 11.5 Å².